The van der Waals surface area contributed by atoms with Gasteiger partial charge in [-0.2, -0.15) is 0 Å². The van der Waals surface area contributed by atoms with Crippen LogP contribution in [0.1, 0.15) is 25.3 Å². The van der Waals surface area contributed by atoms with Crippen molar-refractivity contribution in [2.75, 3.05) is 38.3 Å². The molecule has 0 saturated carbocycles. The number of nitrogens with zero attached hydrogens (tertiary/aromatic N) is 1. The van der Waals surface area contributed by atoms with Crippen molar-refractivity contribution in [2.24, 2.45) is 5.92 Å². The van der Waals surface area contributed by atoms with Crippen molar-refractivity contribution < 1.29 is 31.1 Å². The molecule has 0 bridgehead atoms. The van der Waals surface area contributed by atoms with E-state index in [2.05, 4.69) is 0 Å². The summed E-state index contributed by atoms with van der Waals surface area (Å²) in [5, 5.41) is -1.03. The molecule has 0 unspecified atom stereocenters. The Bertz CT molecular complexity index is 996. The highest BCUT2D eigenvalue weighted by Gasteiger charge is 2.49. The quantitative estimate of drug-likeness (QED) is 0.585. The fraction of sp³-hybridized carbons (Fsp3) is 0.650. The van der Waals surface area contributed by atoms with E-state index in [1.54, 1.807) is 19.9 Å². The number of likely N-dealkylation sites (tertiary alicyclic amines) is 1. The third-order valence-electron chi connectivity index (χ3n) is 5.98. The first-order chi connectivity index (χ1) is 14.1. The largest absolute Gasteiger partial charge is 0.496 e. The van der Waals surface area contributed by atoms with E-state index >= 15 is 0 Å². The van der Waals surface area contributed by atoms with E-state index in [1.807, 2.05) is 4.90 Å². The molecule has 2 heterocycles. The van der Waals surface area contributed by atoms with Crippen LogP contribution >= 0.6 is 0 Å². The Morgan fingerprint density at radius 1 is 1.20 bits per heavy atom. The fourth-order valence-electron chi connectivity index (χ4n) is 4.36. The smallest absolute Gasteiger partial charge is 0.309 e. The number of aryl methyl sites for hydroxylation is 1. The Labute approximate surface area is 178 Å². The zero-order valence-corrected chi connectivity index (χ0v) is 19.2. The number of benzene rings is 1. The van der Waals surface area contributed by atoms with Gasteiger partial charge in [-0.25, -0.2) is 16.8 Å². The van der Waals surface area contributed by atoms with Crippen LogP contribution in [-0.4, -0.2) is 77.3 Å². The third kappa shape index (κ3) is 4.65. The lowest BCUT2D eigenvalue weighted by Crippen LogP contribution is -2.50. The second kappa shape index (κ2) is 8.84. The van der Waals surface area contributed by atoms with E-state index in [9.17, 15) is 21.6 Å². The number of piperidine rings is 1. The standard InChI is InChI=1S/C20H29NO7S2/c1-4-28-20(22)15-7-9-21(10-8-15)17-12-29(23,24)13-19(17)30(25,26)16-5-6-18(27-3)14(2)11-16/h5-6,11,15,17,19H,4,7-10,12-13H2,1-3H3/t17-,19-/m0/s1. The Morgan fingerprint density at radius 2 is 1.87 bits per heavy atom. The molecule has 1 aromatic carbocycles. The Hall–Kier alpha value is -1.65. The van der Waals surface area contributed by atoms with Gasteiger partial charge in [0.05, 0.1) is 41.3 Å². The van der Waals surface area contributed by atoms with Gasteiger partial charge in [0.15, 0.2) is 19.7 Å². The minimum atomic E-state index is -3.86. The molecule has 0 amide bonds. The van der Waals surface area contributed by atoms with Crippen LogP contribution in [0.5, 0.6) is 5.75 Å². The SMILES string of the molecule is CCOC(=O)C1CCN([C@H]2CS(=O)(=O)C[C@@H]2S(=O)(=O)c2ccc(OC)c(C)c2)CC1. The first kappa shape index (κ1) is 23.0. The summed E-state index contributed by atoms with van der Waals surface area (Å²) in [7, 11) is -5.84. The molecule has 2 aliphatic heterocycles. The van der Waals surface area contributed by atoms with Crippen LogP contribution < -0.4 is 4.74 Å². The Morgan fingerprint density at radius 3 is 2.43 bits per heavy atom. The molecule has 0 radical (unpaired) electrons. The molecule has 2 atom stereocenters. The first-order valence-corrected chi connectivity index (χ1v) is 13.5. The van der Waals surface area contributed by atoms with Gasteiger partial charge in [-0.15, -0.1) is 0 Å². The van der Waals surface area contributed by atoms with Crippen molar-refractivity contribution in [3.63, 3.8) is 0 Å². The van der Waals surface area contributed by atoms with Crippen LogP contribution in [0.15, 0.2) is 23.1 Å². The van der Waals surface area contributed by atoms with Crippen molar-refractivity contribution in [1.82, 2.24) is 4.90 Å². The molecule has 1 aromatic rings. The number of hydrogen-bond donors (Lipinski definition) is 0. The summed E-state index contributed by atoms with van der Waals surface area (Å²) in [6, 6.07) is 3.97. The summed E-state index contributed by atoms with van der Waals surface area (Å²) >= 11 is 0. The normalized spacial score (nSPS) is 25.2. The average molecular weight is 460 g/mol. The lowest BCUT2D eigenvalue weighted by Gasteiger charge is -2.36. The van der Waals surface area contributed by atoms with Gasteiger partial charge in [0.1, 0.15) is 5.75 Å². The van der Waals surface area contributed by atoms with Crippen LogP contribution in [0.3, 0.4) is 0 Å². The van der Waals surface area contributed by atoms with Crippen molar-refractivity contribution in [3.05, 3.63) is 23.8 Å². The number of methoxy groups -OCH3 is 1. The monoisotopic (exact) mass is 459 g/mol. The zero-order valence-electron chi connectivity index (χ0n) is 17.5. The maximum atomic E-state index is 13.4. The highest BCUT2D eigenvalue weighted by Crippen LogP contribution is 2.33. The van der Waals surface area contributed by atoms with Gasteiger partial charge in [0, 0.05) is 6.04 Å². The van der Waals surface area contributed by atoms with Crippen LogP contribution in [0.4, 0.5) is 0 Å². The van der Waals surface area contributed by atoms with Crippen LogP contribution in [0, 0.1) is 12.8 Å². The number of sulfone groups is 2. The molecule has 2 aliphatic rings. The number of ether oxygens (including phenoxy) is 2. The van der Waals surface area contributed by atoms with Gasteiger partial charge in [-0.1, -0.05) is 0 Å². The summed E-state index contributed by atoms with van der Waals surface area (Å²) < 4.78 is 61.9. The summed E-state index contributed by atoms with van der Waals surface area (Å²) in [6.07, 6.45) is 1.06. The summed E-state index contributed by atoms with van der Waals surface area (Å²) in [6.45, 7) is 4.77. The summed E-state index contributed by atoms with van der Waals surface area (Å²) in [5.41, 5.74) is 0.672. The van der Waals surface area contributed by atoms with E-state index in [0.717, 1.165) is 0 Å². The molecule has 0 N–H and O–H groups in total. The fourth-order valence-corrected chi connectivity index (χ4v) is 9.28. The van der Waals surface area contributed by atoms with Crippen LogP contribution in [0.2, 0.25) is 0 Å². The third-order valence-corrected chi connectivity index (χ3v) is 10.1. The van der Waals surface area contributed by atoms with E-state index in [4.69, 9.17) is 9.47 Å². The van der Waals surface area contributed by atoms with Crippen molar-refractivity contribution in [1.29, 1.82) is 0 Å². The average Bonchev–Trinajstić information content (AvgIpc) is 3.04. The second-order valence-electron chi connectivity index (χ2n) is 7.92. The zero-order chi connectivity index (χ0) is 22.1. The minimum absolute atomic E-state index is 0.106. The van der Waals surface area contributed by atoms with Gasteiger partial charge < -0.3 is 9.47 Å². The van der Waals surface area contributed by atoms with Gasteiger partial charge in [0.2, 0.25) is 0 Å². The molecule has 2 saturated heterocycles. The number of hydrogen-bond acceptors (Lipinski definition) is 8. The highest BCUT2D eigenvalue weighted by atomic mass is 32.2. The maximum absolute atomic E-state index is 13.4. The molecule has 0 aromatic heterocycles. The van der Waals surface area contributed by atoms with Crippen LogP contribution in [-0.2, 0) is 29.2 Å². The molecule has 2 fully saturated rings. The van der Waals surface area contributed by atoms with Crippen molar-refractivity contribution >= 4 is 25.6 Å². The minimum Gasteiger partial charge on any atom is -0.496 e. The number of esters is 1. The van der Waals surface area contributed by atoms with Gasteiger partial charge in [-0.05, 0) is 63.5 Å². The van der Waals surface area contributed by atoms with Gasteiger partial charge >= 0.3 is 5.97 Å². The predicted octanol–water partition coefficient (Wildman–Crippen LogP) is 1.22. The predicted molar refractivity (Wildman–Crippen MR) is 112 cm³/mol. The van der Waals surface area contributed by atoms with Gasteiger partial charge in [0.25, 0.3) is 0 Å². The molecule has 168 valence electrons. The number of rotatable bonds is 6. The lowest BCUT2D eigenvalue weighted by molar-refractivity contribution is -0.149. The molecular weight excluding hydrogens is 430 g/mol. The summed E-state index contributed by atoms with van der Waals surface area (Å²) in [5.74, 6) is -0.461. The number of carbonyl (C=O) groups is 1. The van der Waals surface area contributed by atoms with Crippen molar-refractivity contribution in [2.45, 2.75) is 42.9 Å². The topological polar surface area (TPSA) is 107 Å². The maximum Gasteiger partial charge on any atom is 0.309 e. The Balaban J connectivity index is 1.83. The second-order valence-corrected chi connectivity index (χ2v) is 12.2. The molecular formula is C20H29NO7S2. The number of carbonyl (C=O) groups excluding carboxylic acids is 1. The van der Waals surface area contributed by atoms with E-state index < -0.39 is 31.0 Å². The molecule has 10 heteroatoms. The lowest BCUT2D eigenvalue weighted by atomic mass is 9.95. The van der Waals surface area contributed by atoms with Crippen LogP contribution in [0.25, 0.3) is 0 Å². The Kier molecular flexibility index (Phi) is 6.78. The van der Waals surface area contributed by atoms with Crippen molar-refractivity contribution in [3.8, 4) is 5.75 Å². The highest BCUT2D eigenvalue weighted by molar-refractivity contribution is 7.96. The first-order valence-electron chi connectivity index (χ1n) is 10.1. The molecule has 3 rings (SSSR count). The van der Waals surface area contributed by atoms with Gasteiger partial charge in [-0.3, -0.25) is 9.69 Å². The molecule has 0 aliphatic carbocycles. The molecule has 0 spiro atoms. The van der Waals surface area contributed by atoms with E-state index in [0.29, 0.717) is 43.9 Å². The van der Waals surface area contributed by atoms with E-state index in [1.165, 1.54) is 19.2 Å². The molecule has 8 nitrogen and oxygen atoms in total. The summed E-state index contributed by atoms with van der Waals surface area (Å²) in [4.78, 5) is 14.0. The molecule has 30 heavy (non-hydrogen) atoms. The van der Waals surface area contributed by atoms with E-state index in [-0.39, 0.29) is 28.3 Å².